The summed E-state index contributed by atoms with van der Waals surface area (Å²) in [6.45, 7) is 10.6. The monoisotopic (exact) mass is 324 g/mol. The van der Waals surface area contributed by atoms with Crippen LogP contribution in [0.3, 0.4) is 0 Å². The highest BCUT2D eigenvalue weighted by atomic mass is 15.4. The van der Waals surface area contributed by atoms with Gasteiger partial charge in [-0.3, -0.25) is 0 Å². The van der Waals surface area contributed by atoms with Crippen molar-refractivity contribution in [2.24, 2.45) is 0 Å². The van der Waals surface area contributed by atoms with Crippen molar-refractivity contribution in [1.29, 1.82) is 0 Å². The second kappa shape index (κ2) is 14.3. The van der Waals surface area contributed by atoms with Gasteiger partial charge in [-0.2, -0.15) is 0 Å². The van der Waals surface area contributed by atoms with E-state index < -0.39 is 0 Å². The highest BCUT2D eigenvalue weighted by Gasteiger charge is 2.30. The molecule has 138 valence electrons. The van der Waals surface area contributed by atoms with Gasteiger partial charge >= 0.3 is 0 Å². The molecule has 1 nitrogen and oxygen atoms in total. The molecule has 0 aromatic rings. The average molecular weight is 325 g/mol. The zero-order valence-corrected chi connectivity index (χ0v) is 16.6. The van der Waals surface area contributed by atoms with Crippen LogP contribution in [0, 0.1) is 0 Å². The summed E-state index contributed by atoms with van der Waals surface area (Å²) < 4.78 is 1.49. The summed E-state index contributed by atoms with van der Waals surface area (Å²) >= 11 is 0. The van der Waals surface area contributed by atoms with Crippen molar-refractivity contribution >= 4 is 0 Å². The predicted octanol–water partition coefficient (Wildman–Crippen LogP) is 7.10. The van der Waals surface area contributed by atoms with E-state index >= 15 is 0 Å². The second-order valence-corrected chi connectivity index (χ2v) is 8.19. The van der Waals surface area contributed by atoms with Gasteiger partial charge in [0.15, 0.2) is 0 Å². The number of quaternary nitrogens is 1. The van der Waals surface area contributed by atoms with Crippen LogP contribution in [0.2, 0.25) is 0 Å². The SMILES string of the molecule is CCCCCCCCCC[N+]1(CCCCCCCC)CCCC1. The van der Waals surface area contributed by atoms with E-state index in [4.69, 9.17) is 0 Å². The summed E-state index contributed by atoms with van der Waals surface area (Å²) in [6, 6.07) is 0. The van der Waals surface area contributed by atoms with E-state index in [9.17, 15) is 0 Å². The maximum Gasteiger partial charge on any atom is 0.0788 e. The van der Waals surface area contributed by atoms with Gasteiger partial charge in [-0.25, -0.2) is 0 Å². The Morgan fingerprint density at radius 2 is 0.826 bits per heavy atom. The third kappa shape index (κ3) is 10.4. The number of unbranched alkanes of at least 4 members (excludes halogenated alkanes) is 12. The number of rotatable bonds is 16. The molecule has 0 aromatic heterocycles. The zero-order chi connectivity index (χ0) is 16.6. The van der Waals surface area contributed by atoms with Gasteiger partial charge in [0.1, 0.15) is 0 Å². The van der Waals surface area contributed by atoms with E-state index in [0.717, 1.165) is 0 Å². The van der Waals surface area contributed by atoms with E-state index in [0.29, 0.717) is 0 Å². The molecule has 0 aliphatic carbocycles. The maximum atomic E-state index is 2.31. The van der Waals surface area contributed by atoms with E-state index in [2.05, 4.69) is 13.8 Å². The Balaban J connectivity index is 2.04. The molecule has 1 aliphatic heterocycles. The number of likely N-dealkylation sites (tertiary alicyclic amines) is 1. The zero-order valence-electron chi connectivity index (χ0n) is 16.6. The Labute approximate surface area is 147 Å². The number of hydrogen-bond acceptors (Lipinski definition) is 0. The summed E-state index contributed by atoms with van der Waals surface area (Å²) in [5.74, 6) is 0. The van der Waals surface area contributed by atoms with Crippen molar-refractivity contribution in [3.05, 3.63) is 0 Å². The first-order valence-corrected chi connectivity index (χ1v) is 11.2. The Morgan fingerprint density at radius 3 is 1.22 bits per heavy atom. The van der Waals surface area contributed by atoms with Gasteiger partial charge in [0.05, 0.1) is 26.2 Å². The molecule has 1 aliphatic rings. The lowest BCUT2D eigenvalue weighted by Crippen LogP contribution is -2.46. The molecular weight excluding hydrogens is 278 g/mol. The molecule has 0 atom stereocenters. The molecule has 1 heteroatoms. The molecule has 0 aromatic carbocycles. The maximum absolute atomic E-state index is 2.31. The predicted molar refractivity (Wildman–Crippen MR) is 105 cm³/mol. The highest BCUT2D eigenvalue weighted by Crippen LogP contribution is 2.23. The quantitative estimate of drug-likeness (QED) is 0.210. The second-order valence-electron chi connectivity index (χ2n) is 8.19. The summed E-state index contributed by atoms with van der Waals surface area (Å²) in [7, 11) is 0. The molecule has 0 N–H and O–H groups in total. The number of hydrogen-bond donors (Lipinski definition) is 0. The van der Waals surface area contributed by atoms with E-state index in [-0.39, 0.29) is 0 Å². The van der Waals surface area contributed by atoms with Gasteiger partial charge < -0.3 is 4.48 Å². The third-order valence-corrected chi connectivity index (χ3v) is 5.99. The first-order chi connectivity index (χ1) is 11.3. The van der Waals surface area contributed by atoms with Crippen LogP contribution in [0.4, 0.5) is 0 Å². The van der Waals surface area contributed by atoms with Crippen molar-refractivity contribution in [1.82, 2.24) is 0 Å². The molecule has 0 radical (unpaired) electrons. The Kier molecular flexibility index (Phi) is 13.1. The van der Waals surface area contributed by atoms with Crippen molar-refractivity contribution < 1.29 is 4.48 Å². The fraction of sp³-hybridized carbons (Fsp3) is 1.00. The van der Waals surface area contributed by atoms with Gasteiger partial charge in [0, 0.05) is 12.8 Å². The highest BCUT2D eigenvalue weighted by molar-refractivity contribution is 4.57. The Bertz CT molecular complexity index is 242. The van der Waals surface area contributed by atoms with Crippen LogP contribution in [0.1, 0.15) is 117 Å². The molecule has 1 heterocycles. The van der Waals surface area contributed by atoms with Gasteiger partial charge in [0.2, 0.25) is 0 Å². The summed E-state index contributed by atoms with van der Waals surface area (Å²) in [5, 5.41) is 0. The average Bonchev–Trinajstić information content (AvgIpc) is 3.02. The normalized spacial score (nSPS) is 17.0. The molecular formula is C22H46N+. The van der Waals surface area contributed by atoms with Gasteiger partial charge in [-0.05, 0) is 25.7 Å². The van der Waals surface area contributed by atoms with E-state index in [1.54, 1.807) is 0 Å². The molecule has 1 fully saturated rings. The summed E-state index contributed by atoms with van der Waals surface area (Å²) in [4.78, 5) is 0. The van der Waals surface area contributed by atoms with Gasteiger partial charge in [-0.15, -0.1) is 0 Å². The van der Waals surface area contributed by atoms with Crippen LogP contribution in [-0.2, 0) is 0 Å². The van der Waals surface area contributed by atoms with Gasteiger partial charge in [-0.1, -0.05) is 78.1 Å². The van der Waals surface area contributed by atoms with E-state index in [1.807, 2.05) is 0 Å². The molecule has 23 heavy (non-hydrogen) atoms. The minimum absolute atomic E-state index is 1.37. The molecule has 1 rings (SSSR count). The molecule has 0 bridgehead atoms. The summed E-state index contributed by atoms with van der Waals surface area (Å²) in [5.41, 5.74) is 0. The fourth-order valence-electron chi connectivity index (χ4n) is 4.37. The lowest BCUT2D eigenvalue weighted by atomic mass is 10.1. The Hall–Kier alpha value is -0.0400. The number of nitrogens with zero attached hydrogens (tertiary/aromatic N) is 1. The lowest BCUT2D eigenvalue weighted by Gasteiger charge is -2.34. The van der Waals surface area contributed by atoms with E-state index in [1.165, 1.54) is 133 Å². The smallest absolute Gasteiger partial charge is 0.0788 e. The fourth-order valence-corrected chi connectivity index (χ4v) is 4.37. The van der Waals surface area contributed by atoms with Crippen LogP contribution in [0.5, 0.6) is 0 Å². The minimum Gasteiger partial charge on any atom is -0.324 e. The molecule has 0 unspecified atom stereocenters. The summed E-state index contributed by atoms with van der Waals surface area (Å²) in [6.07, 6.45) is 23.4. The molecule has 0 amide bonds. The van der Waals surface area contributed by atoms with Crippen molar-refractivity contribution in [3.63, 3.8) is 0 Å². The molecule has 0 spiro atoms. The van der Waals surface area contributed by atoms with Crippen LogP contribution < -0.4 is 0 Å². The van der Waals surface area contributed by atoms with Crippen LogP contribution in [-0.4, -0.2) is 30.7 Å². The van der Waals surface area contributed by atoms with Crippen molar-refractivity contribution in [2.75, 3.05) is 26.2 Å². The first-order valence-electron chi connectivity index (χ1n) is 11.2. The van der Waals surface area contributed by atoms with Crippen LogP contribution in [0.25, 0.3) is 0 Å². The lowest BCUT2D eigenvalue weighted by molar-refractivity contribution is -0.917. The van der Waals surface area contributed by atoms with Crippen molar-refractivity contribution in [2.45, 2.75) is 117 Å². The standard InChI is InChI=1S/C22H46N/c1-3-5-7-9-11-12-14-16-20-23(21-17-18-22-23)19-15-13-10-8-6-4-2/h3-22H2,1-2H3/q+1. The first kappa shape index (κ1) is 21.0. The van der Waals surface area contributed by atoms with Gasteiger partial charge in [0.25, 0.3) is 0 Å². The van der Waals surface area contributed by atoms with Crippen molar-refractivity contribution in [3.8, 4) is 0 Å². The topological polar surface area (TPSA) is 0 Å². The largest absolute Gasteiger partial charge is 0.324 e. The molecule has 1 saturated heterocycles. The third-order valence-electron chi connectivity index (χ3n) is 5.99. The van der Waals surface area contributed by atoms with Crippen LogP contribution >= 0.6 is 0 Å². The van der Waals surface area contributed by atoms with Crippen LogP contribution in [0.15, 0.2) is 0 Å². The Morgan fingerprint density at radius 1 is 0.478 bits per heavy atom. The minimum atomic E-state index is 1.37. The molecule has 0 saturated carbocycles.